The molecule has 0 saturated heterocycles. The summed E-state index contributed by atoms with van der Waals surface area (Å²) < 4.78 is 14.1. The second-order valence-corrected chi connectivity index (χ2v) is 8.89. The summed E-state index contributed by atoms with van der Waals surface area (Å²) in [6.45, 7) is 5.30. The van der Waals surface area contributed by atoms with Crippen molar-refractivity contribution in [2.45, 2.75) is 45.3 Å². The minimum Gasteiger partial charge on any atom is -0.505 e. The van der Waals surface area contributed by atoms with E-state index >= 15 is 0 Å². The van der Waals surface area contributed by atoms with E-state index < -0.39 is 17.8 Å². The highest BCUT2D eigenvalue weighted by molar-refractivity contribution is 5.87. The molecule has 0 saturated carbocycles. The van der Waals surface area contributed by atoms with Crippen LogP contribution in [0.3, 0.4) is 0 Å². The lowest BCUT2D eigenvalue weighted by atomic mass is 9.96. The third kappa shape index (κ3) is 3.75. The third-order valence-electron chi connectivity index (χ3n) is 6.73. The summed E-state index contributed by atoms with van der Waals surface area (Å²) in [4.78, 5) is 13.8. The number of aromatic nitrogens is 2. The minimum absolute atomic E-state index is 0.241. The number of rotatable bonds is 6. The van der Waals surface area contributed by atoms with Crippen LogP contribution in [-0.4, -0.2) is 50.4 Å². The second-order valence-electron chi connectivity index (χ2n) is 8.89. The van der Waals surface area contributed by atoms with E-state index in [1.165, 1.54) is 12.1 Å². The van der Waals surface area contributed by atoms with E-state index in [0.717, 1.165) is 57.6 Å². The van der Waals surface area contributed by atoms with E-state index in [9.17, 15) is 19.4 Å². The van der Waals surface area contributed by atoms with Gasteiger partial charge in [0.25, 0.3) is 0 Å². The Bertz CT molecular complexity index is 1300. The van der Waals surface area contributed by atoms with E-state index in [4.69, 9.17) is 0 Å². The van der Waals surface area contributed by atoms with Gasteiger partial charge in [-0.25, -0.2) is 4.39 Å². The molecule has 5 rings (SSSR count). The van der Waals surface area contributed by atoms with Gasteiger partial charge in [-0.3, -0.25) is 14.8 Å². The Labute approximate surface area is 196 Å². The van der Waals surface area contributed by atoms with Gasteiger partial charge in [0.1, 0.15) is 12.2 Å². The van der Waals surface area contributed by atoms with E-state index in [-0.39, 0.29) is 11.9 Å². The molecule has 8 nitrogen and oxygen atoms in total. The number of aromatic hydroxyl groups is 1. The quantitative estimate of drug-likeness (QED) is 0.378. The van der Waals surface area contributed by atoms with Gasteiger partial charge in [0.05, 0.1) is 11.2 Å². The maximum absolute atomic E-state index is 14.1. The van der Waals surface area contributed by atoms with Crippen molar-refractivity contribution in [3.63, 3.8) is 0 Å². The Morgan fingerprint density at radius 3 is 2.74 bits per heavy atom. The van der Waals surface area contributed by atoms with Gasteiger partial charge < -0.3 is 20.8 Å². The van der Waals surface area contributed by atoms with Crippen LogP contribution in [0.25, 0.3) is 22.0 Å². The zero-order chi connectivity index (χ0) is 24.0. The lowest BCUT2D eigenvalue weighted by Gasteiger charge is -2.33. The number of halogens is 1. The molecule has 0 amide bonds. The zero-order valence-electron chi connectivity index (χ0n) is 19.2. The number of carbonyl (C=O) groups is 1. The van der Waals surface area contributed by atoms with Crippen LogP contribution >= 0.6 is 0 Å². The Balaban J connectivity index is 1.42. The van der Waals surface area contributed by atoms with Crippen molar-refractivity contribution >= 4 is 16.9 Å². The standard InChI is InChI=1S/C25H28FN5O3/c1-3-7-31-12-20-19(11-21(31)25(33)34)27-24(28-20)23-15-6-5-14(8-18(15)29-30-23)16-10-17(26)22(32)9-13(16)4-2/h5-6,8-10,21,24,27-28,32H,3-4,7,11-12H2,1-2H3,(H,29,30)(H,33,34). The van der Waals surface area contributed by atoms with Gasteiger partial charge in [-0.15, -0.1) is 0 Å². The highest BCUT2D eigenvalue weighted by Gasteiger charge is 2.37. The summed E-state index contributed by atoms with van der Waals surface area (Å²) >= 11 is 0. The predicted molar refractivity (Wildman–Crippen MR) is 126 cm³/mol. The first-order valence-corrected chi connectivity index (χ1v) is 11.6. The highest BCUT2D eigenvalue weighted by Crippen LogP contribution is 2.34. The maximum atomic E-state index is 14.1. The normalized spacial score (nSPS) is 20.3. The van der Waals surface area contributed by atoms with E-state index in [0.29, 0.717) is 19.4 Å². The van der Waals surface area contributed by atoms with Crippen LogP contribution in [0.5, 0.6) is 5.75 Å². The van der Waals surface area contributed by atoms with Gasteiger partial charge in [0.2, 0.25) is 0 Å². The van der Waals surface area contributed by atoms with Crippen LogP contribution in [0.4, 0.5) is 4.39 Å². The molecule has 0 fully saturated rings. The molecule has 2 aliphatic heterocycles. The zero-order valence-corrected chi connectivity index (χ0v) is 19.2. The van der Waals surface area contributed by atoms with E-state index in [1.54, 1.807) is 0 Å². The molecular formula is C25H28FN5O3. The molecule has 5 N–H and O–H groups in total. The molecule has 3 aromatic rings. The molecule has 2 aliphatic rings. The number of hydrogen-bond donors (Lipinski definition) is 5. The predicted octanol–water partition coefficient (Wildman–Crippen LogP) is 3.61. The number of carboxylic acid groups (broad SMARTS) is 1. The monoisotopic (exact) mass is 465 g/mol. The summed E-state index contributed by atoms with van der Waals surface area (Å²) in [6, 6.07) is 8.09. The Kier molecular flexibility index (Phi) is 5.65. The van der Waals surface area contributed by atoms with Crippen LogP contribution in [0.15, 0.2) is 41.7 Å². The number of phenols is 1. The van der Waals surface area contributed by atoms with Crippen molar-refractivity contribution in [3.05, 3.63) is 58.8 Å². The fourth-order valence-corrected chi connectivity index (χ4v) is 5.01. The van der Waals surface area contributed by atoms with Crippen LogP contribution in [0.2, 0.25) is 0 Å². The first-order valence-electron chi connectivity index (χ1n) is 11.6. The van der Waals surface area contributed by atoms with Gasteiger partial charge in [-0.05, 0) is 54.3 Å². The summed E-state index contributed by atoms with van der Waals surface area (Å²) in [7, 11) is 0. The number of aromatic amines is 1. The van der Waals surface area contributed by atoms with Crippen molar-refractivity contribution in [1.29, 1.82) is 0 Å². The summed E-state index contributed by atoms with van der Waals surface area (Å²) in [6.07, 6.45) is 1.74. The van der Waals surface area contributed by atoms with Gasteiger partial charge in [-0.1, -0.05) is 26.0 Å². The number of nitrogens with zero attached hydrogens (tertiary/aromatic N) is 2. The molecule has 0 bridgehead atoms. The number of aliphatic carboxylic acids is 1. The van der Waals surface area contributed by atoms with Crippen molar-refractivity contribution < 1.29 is 19.4 Å². The Hall–Kier alpha value is -3.59. The summed E-state index contributed by atoms with van der Waals surface area (Å²) in [5.74, 6) is -1.80. The van der Waals surface area contributed by atoms with Crippen LogP contribution in [0.1, 0.15) is 44.1 Å². The van der Waals surface area contributed by atoms with Gasteiger partial charge in [0, 0.05) is 29.7 Å². The summed E-state index contributed by atoms with van der Waals surface area (Å²) in [5, 5.41) is 34.9. The van der Waals surface area contributed by atoms with Gasteiger partial charge in [0.15, 0.2) is 11.6 Å². The van der Waals surface area contributed by atoms with E-state index in [1.807, 2.05) is 36.9 Å². The number of hydrogen-bond acceptors (Lipinski definition) is 6. The van der Waals surface area contributed by atoms with Crippen molar-refractivity contribution in [1.82, 2.24) is 25.7 Å². The van der Waals surface area contributed by atoms with Gasteiger partial charge >= 0.3 is 5.97 Å². The van der Waals surface area contributed by atoms with Crippen molar-refractivity contribution in [2.75, 3.05) is 13.1 Å². The SMILES string of the molecule is CCCN1CC2=C(CC1C(=O)O)NC(c1[nH]nc3cc(-c4cc(F)c(O)cc4CC)ccc13)N2. The number of nitrogens with one attached hydrogen (secondary N) is 3. The molecule has 2 aromatic carbocycles. The van der Waals surface area contributed by atoms with E-state index in [2.05, 4.69) is 20.8 Å². The fourth-order valence-electron chi connectivity index (χ4n) is 5.01. The lowest BCUT2D eigenvalue weighted by molar-refractivity contribution is -0.143. The molecule has 34 heavy (non-hydrogen) atoms. The average molecular weight is 466 g/mol. The maximum Gasteiger partial charge on any atom is 0.321 e. The van der Waals surface area contributed by atoms with Gasteiger partial charge in [-0.2, -0.15) is 5.10 Å². The molecule has 0 spiro atoms. The van der Waals surface area contributed by atoms with Crippen LogP contribution < -0.4 is 10.6 Å². The molecule has 0 radical (unpaired) electrons. The largest absolute Gasteiger partial charge is 0.505 e. The van der Waals surface area contributed by atoms with Crippen molar-refractivity contribution in [2.24, 2.45) is 0 Å². The minimum atomic E-state index is -0.804. The Morgan fingerprint density at radius 1 is 1.21 bits per heavy atom. The number of benzene rings is 2. The number of fused-ring (bicyclic) bond motifs is 1. The topological polar surface area (TPSA) is 114 Å². The van der Waals surface area contributed by atoms with Crippen LogP contribution in [0, 0.1) is 5.82 Å². The number of phenolic OH excluding ortho intramolecular Hbond substituents is 1. The van der Waals surface area contributed by atoms with Crippen LogP contribution in [-0.2, 0) is 11.2 Å². The highest BCUT2D eigenvalue weighted by atomic mass is 19.1. The molecule has 9 heteroatoms. The molecule has 1 aromatic heterocycles. The van der Waals surface area contributed by atoms with Crippen molar-refractivity contribution in [3.8, 4) is 16.9 Å². The molecule has 3 heterocycles. The molecule has 2 atom stereocenters. The molecular weight excluding hydrogens is 437 g/mol. The second kappa shape index (κ2) is 8.64. The third-order valence-corrected chi connectivity index (χ3v) is 6.73. The summed E-state index contributed by atoms with van der Waals surface area (Å²) in [5.41, 5.74) is 5.96. The average Bonchev–Trinajstić information content (AvgIpc) is 3.43. The Morgan fingerprint density at radius 2 is 2.00 bits per heavy atom. The number of H-pyrrole nitrogens is 1. The lowest BCUT2D eigenvalue weighted by Crippen LogP contribution is -2.46. The number of carboxylic acids is 1. The molecule has 0 aliphatic carbocycles. The first-order chi connectivity index (χ1) is 16.4. The first kappa shape index (κ1) is 22.2. The molecule has 178 valence electrons. The smallest absolute Gasteiger partial charge is 0.321 e. The number of aryl methyl sites for hydroxylation is 1. The molecule has 2 unspecified atom stereocenters. The fraction of sp³-hybridized carbons (Fsp3) is 0.360.